The number of rotatable bonds is 15. The Labute approximate surface area is 335 Å². The summed E-state index contributed by atoms with van der Waals surface area (Å²) in [4.78, 5) is 0. The van der Waals surface area contributed by atoms with E-state index in [1.165, 1.54) is 75.6 Å². The third kappa shape index (κ3) is 8.78. The molecule has 0 radical (unpaired) electrons. The molecule has 4 aromatic rings. The maximum atomic E-state index is 15.4. The molecule has 0 aliphatic carbocycles. The van der Waals surface area contributed by atoms with Gasteiger partial charge < -0.3 is 4.48 Å². The highest BCUT2D eigenvalue weighted by atomic mass is 19.2. The second-order valence-corrected chi connectivity index (χ2v) is 14.1. The van der Waals surface area contributed by atoms with Gasteiger partial charge in [0.1, 0.15) is 52.7 Å². The monoisotopic (exact) mass is 907 g/mol. The average molecular weight is 907 g/mol. The van der Waals surface area contributed by atoms with Gasteiger partial charge in [0, 0.05) is 0 Å². The minimum Gasteiger partial charge on any atom is -0.324 e. The predicted molar refractivity (Wildman–Crippen MR) is 184 cm³/mol. The first kappa shape index (κ1) is 50.9. The van der Waals surface area contributed by atoms with Gasteiger partial charge in [0.05, 0.1) is 26.2 Å². The smallest absolute Gasteiger partial charge is 0.200 e. The number of unbranched alkanes of at least 4 members (excludes halogenated alkanes) is 3. The summed E-state index contributed by atoms with van der Waals surface area (Å²) in [5.74, 6) is -71.4. The third-order valence-corrected chi connectivity index (χ3v) is 10.4. The molecule has 0 aliphatic heterocycles. The quantitative estimate of drug-likeness (QED) is 0.0367. The van der Waals surface area contributed by atoms with Crippen LogP contribution in [0.5, 0.6) is 0 Å². The molecular weight excluding hydrogens is 873 g/mol. The fourth-order valence-electron chi connectivity index (χ4n) is 7.50. The van der Waals surface area contributed by atoms with Gasteiger partial charge in [-0.3, -0.25) is 0 Å². The van der Waals surface area contributed by atoms with E-state index in [4.69, 9.17) is 0 Å². The highest BCUT2D eigenvalue weighted by Gasteiger charge is 2.52. The lowest BCUT2D eigenvalue weighted by atomic mass is 9.12. The molecule has 22 heteroatoms. The van der Waals surface area contributed by atoms with Crippen molar-refractivity contribution in [2.24, 2.45) is 0 Å². The first-order valence-corrected chi connectivity index (χ1v) is 18.5. The van der Waals surface area contributed by atoms with Crippen LogP contribution in [-0.4, -0.2) is 36.8 Å². The molecule has 0 aliphatic rings. The number of halogens is 20. The normalized spacial score (nSPS) is 12.0. The minimum absolute atomic E-state index is 1.34. The van der Waals surface area contributed by atoms with E-state index in [0.29, 0.717) is 0 Å². The van der Waals surface area contributed by atoms with Crippen molar-refractivity contribution in [3.05, 3.63) is 116 Å². The van der Waals surface area contributed by atoms with E-state index in [-0.39, 0.29) is 0 Å². The van der Waals surface area contributed by atoms with E-state index in [1.807, 2.05) is 0 Å². The largest absolute Gasteiger partial charge is 0.324 e. The maximum absolute atomic E-state index is 15.4. The van der Waals surface area contributed by atoms with Crippen molar-refractivity contribution in [1.82, 2.24) is 0 Å². The van der Waals surface area contributed by atoms with Gasteiger partial charge in [-0.05, 0) is 25.7 Å². The molecule has 4 rings (SSSR count). The molecule has 0 aromatic heterocycles. The Morgan fingerprint density at radius 1 is 0.246 bits per heavy atom. The summed E-state index contributed by atoms with van der Waals surface area (Å²) in [6.45, 7) is 15.0. The van der Waals surface area contributed by atoms with Crippen LogP contribution in [0.15, 0.2) is 0 Å². The Hall–Kier alpha value is -4.50. The Morgan fingerprint density at radius 3 is 0.557 bits per heavy atom. The van der Waals surface area contributed by atoms with Crippen molar-refractivity contribution in [2.75, 3.05) is 26.2 Å². The standard InChI is InChI=1S/C24BF20.C15H34N/c26-5-1(6(27)14(35)21(42)13(5)34)25(2-7(28)15(36)22(43)16(37)8(2)29,3-9(30)17(38)23(44)18(39)10(3)31)4-11(32)19(40)24(45)20(41)12(4)33;1-5-9-13-16(12-8-4,14-10-6-2)15-11-7-3/h;5-15H2,1-4H3/q-1;+1. The van der Waals surface area contributed by atoms with Gasteiger partial charge in [0.2, 0.25) is 0 Å². The van der Waals surface area contributed by atoms with Gasteiger partial charge in [-0.1, -0.05) is 47.0 Å². The van der Waals surface area contributed by atoms with Crippen molar-refractivity contribution in [3.63, 3.8) is 0 Å². The van der Waals surface area contributed by atoms with Crippen LogP contribution < -0.4 is 21.9 Å². The molecule has 61 heavy (non-hydrogen) atoms. The Balaban J connectivity index is 0.000000525. The van der Waals surface area contributed by atoms with Crippen LogP contribution >= 0.6 is 0 Å². The molecule has 338 valence electrons. The second-order valence-electron chi connectivity index (χ2n) is 14.1. The van der Waals surface area contributed by atoms with E-state index >= 15 is 35.1 Å². The zero-order valence-corrected chi connectivity index (χ0v) is 32.4. The summed E-state index contributed by atoms with van der Waals surface area (Å²) in [5, 5.41) is 0. The van der Waals surface area contributed by atoms with Gasteiger partial charge in [-0.25, -0.2) is 87.8 Å². The lowest BCUT2D eigenvalue weighted by Crippen LogP contribution is -2.81. The summed E-state index contributed by atoms with van der Waals surface area (Å²) in [6.07, 6.45) is 2.41. The Morgan fingerprint density at radius 2 is 0.410 bits per heavy atom. The second kappa shape index (κ2) is 20.1. The molecule has 0 heterocycles. The van der Waals surface area contributed by atoms with E-state index in [1.54, 1.807) is 0 Å². The summed E-state index contributed by atoms with van der Waals surface area (Å²) in [5.41, 5.74) is -14.3. The highest BCUT2D eigenvalue weighted by Crippen LogP contribution is 2.31. The molecule has 0 bridgehead atoms. The molecule has 1 nitrogen and oxygen atoms in total. The highest BCUT2D eigenvalue weighted by molar-refractivity contribution is 7.20. The molecule has 0 N–H and O–H groups in total. The first-order chi connectivity index (χ1) is 28.4. The Kier molecular flexibility index (Phi) is 16.8. The summed E-state index contributed by atoms with van der Waals surface area (Å²) in [6, 6.07) is 0. The van der Waals surface area contributed by atoms with Crippen LogP contribution in [0.1, 0.15) is 72.6 Å². The van der Waals surface area contributed by atoms with Crippen molar-refractivity contribution in [2.45, 2.75) is 72.6 Å². The number of nitrogens with zero attached hydrogens (tertiary/aromatic N) is 1. The van der Waals surface area contributed by atoms with Crippen molar-refractivity contribution in [3.8, 4) is 0 Å². The van der Waals surface area contributed by atoms with E-state index in [9.17, 15) is 52.7 Å². The third-order valence-electron chi connectivity index (χ3n) is 10.4. The molecule has 0 unspecified atom stereocenters. The lowest BCUT2D eigenvalue weighted by molar-refractivity contribution is -0.928. The van der Waals surface area contributed by atoms with Gasteiger partial charge >= 0.3 is 0 Å². The van der Waals surface area contributed by atoms with Gasteiger partial charge in [0.15, 0.2) is 69.8 Å². The summed E-state index contributed by atoms with van der Waals surface area (Å²) < 4.78 is 295. The Bertz CT molecular complexity index is 1860. The molecule has 0 spiro atoms. The van der Waals surface area contributed by atoms with Crippen molar-refractivity contribution < 1.29 is 92.3 Å². The van der Waals surface area contributed by atoms with E-state index in [0.717, 1.165) is 0 Å². The number of quaternary nitrogens is 1. The molecule has 0 fully saturated rings. The van der Waals surface area contributed by atoms with Crippen molar-refractivity contribution in [1.29, 1.82) is 0 Å². The zero-order chi connectivity index (χ0) is 46.6. The van der Waals surface area contributed by atoms with Gasteiger partial charge in [0.25, 0.3) is 0 Å². The predicted octanol–water partition coefficient (Wildman–Crippen LogP) is 10.5. The SMILES string of the molecule is CCCC[N+](CCC)(CCCC)CCCC.Fc1c(F)c(F)c([B-](c2c(F)c(F)c(F)c(F)c2F)(c2c(F)c(F)c(F)c(F)c2F)c2c(F)c(F)c(F)c(F)c2F)c(F)c1F. The number of hydrogen-bond acceptors (Lipinski definition) is 0. The van der Waals surface area contributed by atoms with Crippen LogP contribution in [0.2, 0.25) is 0 Å². The van der Waals surface area contributed by atoms with Crippen molar-refractivity contribution >= 4 is 28.0 Å². The van der Waals surface area contributed by atoms with E-state index < -0.39 is 144 Å². The van der Waals surface area contributed by atoms with Crippen LogP contribution in [0.3, 0.4) is 0 Å². The first-order valence-electron chi connectivity index (χ1n) is 18.5. The molecule has 0 atom stereocenters. The number of benzene rings is 4. The lowest BCUT2D eigenvalue weighted by Gasteiger charge is -2.44. The van der Waals surface area contributed by atoms with Crippen LogP contribution in [0, 0.1) is 116 Å². The van der Waals surface area contributed by atoms with Gasteiger partial charge in [-0.15, -0.1) is 21.9 Å². The summed E-state index contributed by atoms with van der Waals surface area (Å²) >= 11 is 0. The fraction of sp³-hybridized carbons (Fsp3) is 0.385. The molecular formula is C39H34BF20N. The fourth-order valence-corrected chi connectivity index (χ4v) is 7.50. The molecule has 0 amide bonds. The van der Waals surface area contributed by atoms with Crippen LogP contribution in [0.4, 0.5) is 87.8 Å². The topological polar surface area (TPSA) is 0 Å². The van der Waals surface area contributed by atoms with Gasteiger partial charge in [-0.2, -0.15) is 0 Å². The average Bonchev–Trinajstić information content (AvgIpc) is 3.24. The van der Waals surface area contributed by atoms with E-state index in [2.05, 4.69) is 27.7 Å². The molecule has 0 saturated carbocycles. The number of hydrogen-bond donors (Lipinski definition) is 0. The minimum atomic E-state index is -7.22. The zero-order valence-electron chi connectivity index (χ0n) is 32.4. The van der Waals surface area contributed by atoms with Crippen LogP contribution in [-0.2, 0) is 0 Å². The molecule has 0 saturated heterocycles. The maximum Gasteiger partial charge on any atom is 0.200 e. The van der Waals surface area contributed by atoms with Crippen LogP contribution in [0.25, 0.3) is 0 Å². The summed E-state index contributed by atoms with van der Waals surface area (Å²) in [7, 11) is 0. The molecule has 4 aromatic carbocycles.